The Morgan fingerprint density at radius 2 is 1.50 bits per heavy atom. The van der Waals surface area contributed by atoms with Gasteiger partial charge in [-0.05, 0) is 0 Å². The van der Waals surface area contributed by atoms with E-state index < -0.39 is 0 Å². The molecule has 1 rings (SSSR count). The summed E-state index contributed by atoms with van der Waals surface area (Å²) in [6.07, 6.45) is 3.53. The Hall–Kier alpha value is -0.220. The van der Waals surface area contributed by atoms with Crippen LogP contribution in [0.2, 0.25) is 0 Å². The molecule has 0 fully saturated rings. The van der Waals surface area contributed by atoms with Crippen molar-refractivity contribution in [1.29, 1.82) is 0 Å². The van der Waals surface area contributed by atoms with E-state index in [2.05, 4.69) is 16.4 Å². The van der Waals surface area contributed by atoms with Gasteiger partial charge in [0.25, 0.3) is 0 Å². The van der Waals surface area contributed by atoms with Crippen molar-refractivity contribution < 1.29 is 0 Å². The number of hydrogen-bond donors (Lipinski definition) is 3. The van der Waals surface area contributed by atoms with Gasteiger partial charge in [-0.25, -0.2) is 0 Å². The summed E-state index contributed by atoms with van der Waals surface area (Å²) in [7, 11) is 0. The second-order valence-corrected chi connectivity index (χ2v) is 0.747. The zero-order chi connectivity index (χ0) is 3.54. The van der Waals surface area contributed by atoms with E-state index in [1.807, 2.05) is 0 Å². The second-order valence-electron chi connectivity index (χ2n) is 0.747. The first-order valence-corrected chi connectivity index (χ1v) is 1.41. The van der Waals surface area contributed by atoms with Crippen molar-refractivity contribution in [1.82, 2.24) is 16.4 Å². The highest BCUT2D eigenvalue weighted by Gasteiger charge is 1.74. The predicted molar refractivity (Wildman–Crippen MR) is 28.9 cm³/mol. The maximum absolute atomic E-state index is 2.68. The van der Waals surface area contributed by atoms with E-state index in [0.29, 0.717) is 0 Å². The van der Waals surface area contributed by atoms with Gasteiger partial charge in [0, 0.05) is 12.4 Å². The van der Waals surface area contributed by atoms with Crippen molar-refractivity contribution in [3.8, 4) is 0 Å². The molecular formula is C2H6BrN3. The minimum absolute atomic E-state index is 0. The molecular weight excluding hydrogens is 146 g/mol. The topological polar surface area (TPSA) is 36.1 Å². The number of hydrazine groups is 2. The van der Waals surface area contributed by atoms with Crippen LogP contribution in [0.5, 0.6) is 0 Å². The minimum Gasteiger partial charge on any atom is -0.310 e. The summed E-state index contributed by atoms with van der Waals surface area (Å²) in [5.41, 5.74) is 7.97. The Bertz CT molecular complexity index is 46.8. The lowest BCUT2D eigenvalue weighted by molar-refractivity contribution is 0.614. The van der Waals surface area contributed by atoms with Crippen molar-refractivity contribution >= 4 is 17.0 Å². The van der Waals surface area contributed by atoms with Gasteiger partial charge in [-0.1, -0.05) is 0 Å². The SMILES string of the molecule is Br.C1=CNNN1. The van der Waals surface area contributed by atoms with Crippen LogP contribution in [0.25, 0.3) is 0 Å². The smallest absolute Gasteiger partial charge is 0.0315 e. The molecule has 36 valence electrons. The van der Waals surface area contributed by atoms with Crippen LogP contribution in [0, 0.1) is 0 Å². The van der Waals surface area contributed by atoms with Crippen molar-refractivity contribution in [2.45, 2.75) is 0 Å². The molecule has 3 N–H and O–H groups in total. The van der Waals surface area contributed by atoms with Gasteiger partial charge in [0.05, 0.1) is 0 Å². The molecule has 1 aliphatic heterocycles. The van der Waals surface area contributed by atoms with Gasteiger partial charge in [-0.3, -0.25) is 0 Å². The predicted octanol–water partition coefficient (Wildman–Crippen LogP) is -0.352. The summed E-state index contributed by atoms with van der Waals surface area (Å²) in [4.78, 5) is 0. The highest BCUT2D eigenvalue weighted by molar-refractivity contribution is 8.93. The summed E-state index contributed by atoms with van der Waals surface area (Å²) in [5, 5.41) is 0. The zero-order valence-corrected chi connectivity index (χ0v) is 4.78. The van der Waals surface area contributed by atoms with Gasteiger partial charge in [-0.15, -0.1) is 17.0 Å². The lowest BCUT2D eigenvalue weighted by Crippen LogP contribution is -2.29. The van der Waals surface area contributed by atoms with Gasteiger partial charge >= 0.3 is 0 Å². The van der Waals surface area contributed by atoms with Crippen molar-refractivity contribution in [2.75, 3.05) is 0 Å². The minimum atomic E-state index is 0. The zero-order valence-electron chi connectivity index (χ0n) is 3.06. The highest BCUT2D eigenvalue weighted by atomic mass is 79.9. The van der Waals surface area contributed by atoms with Gasteiger partial charge in [0.15, 0.2) is 0 Å². The molecule has 0 aliphatic carbocycles. The Kier molecular flexibility index (Phi) is 2.88. The fraction of sp³-hybridized carbons (Fsp3) is 0. The Balaban J connectivity index is 0.000000250. The van der Waals surface area contributed by atoms with Crippen LogP contribution in [0.15, 0.2) is 12.4 Å². The molecule has 0 amide bonds. The summed E-state index contributed by atoms with van der Waals surface area (Å²) in [6, 6.07) is 0. The lowest BCUT2D eigenvalue weighted by atomic mass is 11.0. The van der Waals surface area contributed by atoms with E-state index in [1.165, 1.54) is 0 Å². The third-order valence-electron chi connectivity index (χ3n) is 0.394. The fourth-order valence-corrected chi connectivity index (χ4v) is 0.208. The number of rotatable bonds is 0. The van der Waals surface area contributed by atoms with Gasteiger partial charge in [0.2, 0.25) is 0 Å². The van der Waals surface area contributed by atoms with E-state index in [-0.39, 0.29) is 17.0 Å². The van der Waals surface area contributed by atoms with Crippen LogP contribution in [0.4, 0.5) is 0 Å². The third kappa shape index (κ3) is 1.28. The summed E-state index contributed by atoms with van der Waals surface area (Å²) in [6.45, 7) is 0. The van der Waals surface area contributed by atoms with E-state index >= 15 is 0 Å². The largest absolute Gasteiger partial charge is 0.310 e. The molecule has 0 spiro atoms. The molecule has 0 aromatic carbocycles. The average Bonchev–Trinajstić information content (AvgIpc) is 1.76. The molecule has 1 heterocycles. The summed E-state index contributed by atoms with van der Waals surface area (Å²) >= 11 is 0. The van der Waals surface area contributed by atoms with Gasteiger partial charge < -0.3 is 10.9 Å². The third-order valence-corrected chi connectivity index (χ3v) is 0.394. The molecule has 3 nitrogen and oxygen atoms in total. The average molecular weight is 152 g/mol. The Morgan fingerprint density at radius 3 is 1.67 bits per heavy atom. The van der Waals surface area contributed by atoms with E-state index in [1.54, 1.807) is 12.4 Å². The molecule has 0 aromatic heterocycles. The van der Waals surface area contributed by atoms with Crippen LogP contribution in [-0.4, -0.2) is 0 Å². The van der Waals surface area contributed by atoms with Crippen molar-refractivity contribution in [2.24, 2.45) is 0 Å². The van der Waals surface area contributed by atoms with E-state index in [0.717, 1.165) is 0 Å². The maximum Gasteiger partial charge on any atom is 0.0315 e. The molecule has 0 bridgehead atoms. The maximum atomic E-state index is 2.68. The lowest BCUT2D eigenvalue weighted by Gasteiger charge is -1.86. The highest BCUT2D eigenvalue weighted by Crippen LogP contribution is 1.58. The quantitative estimate of drug-likeness (QED) is 0.444. The molecule has 4 heteroatoms. The first-order valence-electron chi connectivity index (χ1n) is 1.41. The fourth-order valence-electron chi connectivity index (χ4n) is 0.208. The van der Waals surface area contributed by atoms with Crippen LogP contribution in [0.3, 0.4) is 0 Å². The number of halogens is 1. The van der Waals surface area contributed by atoms with E-state index in [4.69, 9.17) is 0 Å². The van der Waals surface area contributed by atoms with Crippen LogP contribution < -0.4 is 16.4 Å². The standard InChI is InChI=1S/C2H5N3.BrH/c1-2-4-5-3-1;/h1-5H;1H. The van der Waals surface area contributed by atoms with Gasteiger partial charge in [0.1, 0.15) is 0 Å². The second kappa shape index (κ2) is 2.99. The Morgan fingerprint density at radius 1 is 1.00 bits per heavy atom. The monoisotopic (exact) mass is 151 g/mol. The van der Waals surface area contributed by atoms with Crippen molar-refractivity contribution in [3.63, 3.8) is 0 Å². The van der Waals surface area contributed by atoms with Crippen molar-refractivity contribution in [3.05, 3.63) is 12.4 Å². The molecule has 0 saturated heterocycles. The molecule has 1 aliphatic rings. The molecule has 0 unspecified atom stereocenters. The van der Waals surface area contributed by atoms with Gasteiger partial charge in [-0.2, -0.15) is 5.53 Å². The van der Waals surface area contributed by atoms with Crippen LogP contribution >= 0.6 is 17.0 Å². The number of hydrogen-bond acceptors (Lipinski definition) is 3. The first-order chi connectivity index (χ1) is 2.50. The summed E-state index contributed by atoms with van der Waals surface area (Å²) in [5.74, 6) is 0. The Labute approximate surface area is 46.5 Å². The molecule has 0 saturated carbocycles. The molecule has 0 radical (unpaired) electrons. The normalized spacial score (nSPS) is 14.7. The van der Waals surface area contributed by atoms with E-state index in [9.17, 15) is 0 Å². The number of nitrogens with one attached hydrogen (secondary N) is 3. The molecule has 0 atom stereocenters. The first kappa shape index (κ1) is 5.78. The molecule has 6 heavy (non-hydrogen) atoms. The van der Waals surface area contributed by atoms with Crippen LogP contribution in [0.1, 0.15) is 0 Å². The molecule has 0 aromatic rings. The van der Waals surface area contributed by atoms with Crippen LogP contribution in [-0.2, 0) is 0 Å². The summed E-state index contributed by atoms with van der Waals surface area (Å²) < 4.78 is 0.